The van der Waals surface area contributed by atoms with Gasteiger partial charge in [-0.15, -0.1) is 0 Å². The summed E-state index contributed by atoms with van der Waals surface area (Å²) in [5, 5.41) is 0. The minimum absolute atomic E-state index is 0.194. The Balaban J connectivity index is 2.07. The van der Waals surface area contributed by atoms with E-state index in [1.165, 1.54) is 0 Å². The number of benzene rings is 4. The SMILES string of the molecule is Cc1cc(-c2cc(F)c(F)c(F)c2)c(C)c(-c2c(C)c(C)cc(-c3cc(F)c(F)c(F)c3)c2C)c1C. The van der Waals surface area contributed by atoms with Crippen molar-refractivity contribution in [2.45, 2.75) is 41.5 Å². The van der Waals surface area contributed by atoms with Gasteiger partial charge in [0.15, 0.2) is 34.9 Å². The van der Waals surface area contributed by atoms with Gasteiger partial charge in [-0.25, -0.2) is 26.3 Å². The van der Waals surface area contributed by atoms with Crippen molar-refractivity contribution in [3.63, 3.8) is 0 Å². The third kappa shape index (κ3) is 4.08. The fraction of sp³-hybridized carbons (Fsp3) is 0.200. The fourth-order valence-electron chi connectivity index (χ4n) is 4.86. The van der Waals surface area contributed by atoms with E-state index in [2.05, 4.69) is 0 Å². The molecule has 0 atom stereocenters. The van der Waals surface area contributed by atoms with E-state index < -0.39 is 34.9 Å². The second-order valence-electron chi connectivity index (χ2n) is 9.24. The second-order valence-corrected chi connectivity index (χ2v) is 9.24. The standard InChI is InChI=1S/C30H24F6/c1-13-7-21(19-9-23(31)29(35)24(32)10-19)17(5)27(15(13)3)28-16(4)14(2)8-22(18(28)6)20-11-25(33)30(36)26(34)12-20/h7-12H,1-6H3. The molecule has 4 aromatic rings. The Bertz CT molecular complexity index is 1390. The average Bonchev–Trinajstić information content (AvgIpc) is 2.82. The molecule has 4 aromatic carbocycles. The van der Waals surface area contributed by atoms with E-state index in [9.17, 15) is 26.3 Å². The maximum absolute atomic E-state index is 14.1. The fourth-order valence-corrected chi connectivity index (χ4v) is 4.86. The van der Waals surface area contributed by atoms with Crippen molar-refractivity contribution in [1.82, 2.24) is 0 Å². The molecule has 0 saturated heterocycles. The summed E-state index contributed by atoms with van der Waals surface area (Å²) in [4.78, 5) is 0. The first-order chi connectivity index (χ1) is 16.8. The molecule has 0 spiro atoms. The van der Waals surface area contributed by atoms with Crippen molar-refractivity contribution in [2.75, 3.05) is 0 Å². The van der Waals surface area contributed by atoms with Gasteiger partial charge >= 0.3 is 0 Å². The molecule has 6 heteroatoms. The summed E-state index contributed by atoms with van der Waals surface area (Å²) in [5.74, 6) is -8.20. The summed E-state index contributed by atoms with van der Waals surface area (Å²) >= 11 is 0. The monoisotopic (exact) mass is 498 g/mol. The summed E-state index contributed by atoms with van der Waals surface area (Å²) in [7, 11) is 0. The van der Waals surface area contributed by atoms with Gasteiger partial charge in [-0.1, -0.05) is 12.1 Å². The molecule has 0 unspecified atom stereocenters. The van der Waals surface area contributed by atoms with Crippen LogP contribution in [0.1, 0.15) is 33.4 Å². The lowest BCUT2D eigenvalue weighted by atomic mass is 9.80. The van der Waals surface area contributed by atoms with Crippen molar-refractivity contribution < 1.29 is 26.3 Å². The number of hydrogen-bond donors (Lipinski definition) is 0. The maximum atomic E-state index is 14.1. The van der Waals surface area contributed by atoms with Crippen molar-refractivity contribution in [3.05, 3.63) is 105 Å². The summed E-state index contributed by atoms with van der Waals surface area (Å²) in [6, 6.07) is 7.45. The van der Waals surface area contributed by atoms with Crippen LogP contribution in [0.15, 0.2) is 36.4 Å². The molecule has 0 fully saturated rings. The van der Waals surface area contributed by atoms with Gasteiger partial charge in [0.05, 0.1) is 0 Å². The molecule has 4 rings (SSSR count). The molecule has 0 N–H and O–H groups in total. The topological polar surface area (TPSA) is 0 Å². The summed E-state index contributed by atoms with van der Waals surface area (Å²) in [5.41, 5.74) is 8.00. The van der Waals surface area contributed by atoms with E-state index in [-0.39, 0.29) is 11.1 Å². The van der Waals surface area contributed by atoms with Crippen LogP contribution in [0, 0.1) is 76.4 Å². The van der Waals surface area contributed by atoms with Crippen LogP contribution < -0.4 is 0 Å². The lowest BCUT2D eigenvalue weighted by Gasteiger charge is -2.24. The Morgan fingerprint density at radius 2 is 0.667 bits per heavy atom. The maximum Gasteiger partial charge on any atom is 0.194 e. The summed E-state index contributed by atoms with van der Waals surface area (Å²) < 4.78 is 83.5. The summed E-state index contributed by atoms with van der Waals surface area (Å²) in [6.07, 6.45) is 0. The van der Waals surface area contributed by atoms with Gasteiger partial charge in [-0.3, -0.25) is 0 Å². The second kappa shape index (κ2) is 9.16. The van der Waals surface area contributed by atoms with Gasteiger partial charge in [0.25, 0.3) is 0 Å². The van der Waals surface area contributed by atoms with Gasteiger partial charge < -0.3 is 0 Å². The largest absolute Gasteiger partial charge is 0.204 e. The molecule has 0 amide bonds. The van der Waals surface area contributed by atoms with E-state index in [0.29, 0.717) is 22.3 Å². The molecular formula is C30H24F6. The molecule has 0 radical (unpaired) electrons. The molecule has 0 aromatic heterocycles. The van der Waals surface area contributed by atoms with Crippen LogP contribution in [0.4, 0.5) is 26.3 Å². The molecular weight excluding hydrogens is 474 g/mol. The van der Waals surface area contributed by atoms with Crippen LogP contribution in [0.2, 0.25) is 0 Å². The Kier molecular flexibility index (Phi) is 6.50. The number of halogens is 6. The highest BCUT2D eigenvalue weighted by Crippen LogP contribution is 2.43. The van der Waals surface area contributed by atoms with E-state index in [4.69, 9.17) is 0 Å². The van der Waals surface area contributed by atoms with Crippen LogP contribution in [-0.2, 0) is 0 Å². The number of aryl methyl sites for hydroxylation is 2. The van der Waals surface area contributed by atoms with E-state index in [1.807, 2.05) is 41.5 Å². The minimum Gasteiger partial charge on any atom is -0.204 e. The van der Waals surface area contributed by atoms with Gasteiger partial charge in [-0.05, 0) is 133 Å². The minimum atomic E-state index is -1.53. The van der Waals surface area contributed by atoms with Crippen molar-refractivity contribution in [3.8, 4) is 33.4 Å². The van der Waals surface area contributed by atoms with Crippen LogP contribution in [0.25, 0.3) is 33.4 Å². The highest BCUT2D eigenvalue weighted by molar-refractivity contribution is 5.88. The number of hydrogen-bond acceptors (Lipinski definition) is 0. The Morgan fingerprint density at radius 3 is 0.944 bits per heavy atom. The third-order valence-corrected chi connectivity index (χ3v) is 7.05. The molecule has 0 bridgehead atoms. The first-order valence-electron chi connectivity index (χ1n) is 11.3. The van der Waals surface area contributed by atoms with Crippen molar-refractivity contribution in [2.24, 2.45) is 0 Å². The van der Waals surface area contributed by atoms with E-state index in [1.54, 1.807) is 12.1 Å². The third-order valence-electron chi connectivity index (χ3n) is 7.05. The quantitative estimate of drug-likeness (QED) is 0.195. The zero-order valence-corrected chi connectivity index (χ0v) is 20.7. The first kappa shape index (κ1) is 25.5. The molecule has 0 aliphatic carbocycles. The zero-order chi connectivity index (χ0) is 26.6. The summed E-state index contributed by atoms with van der Waals surface area (Å²) in [6.45, 7) is 11.2. The Labute approximate surface area is 206 Å². The molecule has 0 nitrogen and oxygen atoms in total. The first-order valence-corrected chi connectivity index (χ1v) is 11.3. The highest BCUT2D eigenvalue weighted by Gasteiger charge is 2.22. The predicted molar refractivity (Wildman–Crippen MR) is 131 cm³/mol. The molecule has 0 aliphatic heterocycles. The van der Waals surface area contributed by atoms with Gasteiger partial charge in [0.1, 0.15) is 0 Å². The predicted octanol–water partition coefficient (Wildman–Crippen LogP) is 9.37. The number of rotatable bonds is 3. The molecule has 0 aliphatic rings. The van der Waals surface area contributed by atoms with Gasteiger partial charge in [-0.2, -0.15) is 0 Å². The Morgan fingerprint density at radius 1 is 0.389 bits per heavy atom. The smallest absolute Gasteiger partial charge is 0.194 e. The van der Waals surface area contributed by atoms with Crippen LogP contribution in [-0.4, -0.2) is 0 Å². The molecule has 186 valence electrons. The van der Waals surface area contributed by atoms with Gasteiger partial charge in [0, 0.05) is 0 Å². The van der Waals surface area contributed by atoms with Crippen LogP contribution in [0.5, 0.6) is 0 Å². The zero-order valence-electron chi connectivity index (χ0n) is 20.7. The lowest BCUT2D eigenvalue weighted by molar-refractivity contribution is 0.447. The lowest BCUT2D eigenvalue weighted by Crippen LogP contribution is -2.03. The van der Waals surface area contributed by atoms with Crippen molar-refractivity contribution in [1.29, 1.82) is 0 Å². The average molecular weight is 499 g/mol. The van der Waals surface area contributed by atoms with Crippen molar-refractivity contribution >= 4 is 0 Å². The molecule has 0 heterocycles. The van der Waals surface area contributed by atoms with Crippen LogP contribution in [0.3, 0.4) is 0 Å². The van der Waals surface area contributed by atoms with E-state index >= 15 is 0 Å². The Hall–Kier alpha value is -3.54. The molecule has 0 saturated carbocycles. The molecule has 36 heavy (non-hydrogen) atoms. The highest BCUT2D eigenvalue weighted by atomic mass is 19.2. The van der Waals surface area contributed by atoms with Crippen LogP contribution >= 0.6 is 0 Å². The normalized spacial score (nSPS) is 11.3. The van der Waals surface area contributed by atoms with E-state index in [0.717, 1.165) is 57.6 Å². The van der Waals surface area contributed by atoms with Gasteiger partial charge in [0.2, 0.25) is 0 Å².